The zero-order valence-corrected chi connectivity index (χ0v) is 25.4. The van der Waals surface area contributed by atoms with Gasteiger partial charge in [0, 0.05) is 36.8 Å². The number of aromatic nitrogens is 1. The maximum atomic E-state index is 13.8. The third kappa shape index (κ3) is 5.27. The van der Waals surface area contributed by atoms with E-state index in [9.17, 15) is 14.4 Å². The summed E-state index contributed by atoms with van der Waals surface area (Å²) in [6.07, 6.45) is 2.18. The molecule has 0 saturated heterocycles. The van der Waals surface area contributed by atoms with Crippen LogP contribution in [0.2, 0.25) is 0 Å². The lowest BCUT2D eigenvalue weighted by molar-refractivity contribution is -0.134. The number of carbonyl (C=O) groups is 3. The van der Waals surface area contributed by atoms with Gasteiger partial charge in [0.2, 0.25) is 5.91 Å². The van der Waals surface area contributed by atoms with Gasteiger partial charge in [0.1, 0.15) is 11.6 Å². The normalized spacial score (nSPS) is 19.9. The van der Waals surface area contributed by atoms with E-state index in [2.05, 4.69) is 58.0 Å². The van der Waals surface area contributed by atoms with Crippen LogP contribution < -0.4 is 5.32 Å². The topological polar surface area (TPSA) is 83.9 Å². The Morgan fingerprint density at radius 3 is 2.53 bits per heavy atom. The largest absolute Gasteiger partial charge is 0.444 e. The zero-order chi connectivity index (χ0) is 27.9. The van der Waals surface area contributed by atoms with Gasteiger partial charge in [-0.3, -0.25) is 19.1 Å². The summed E-state index contributed by atoms with van der Waals surface area (Å²) >= 11 is 8.07. The Bertz CT molecular complexity index is 1290. The number of hydrogen-bond acceptors (Lipinski definition) is 6. The molecule has 0 saturated carbocycles. The summed E-state index contributed by atoms with van der Waals surface area (Å²) in [6.45, 7) is 11.3. The van der Waals surface area contributed by atoms with E-state index in [-0.39, 0.29) is 29.5 Å². The number of benzene rings is 1. The van der Waals surface area contributed by atoms with Crippen LogP contribution in [-0.2, 0) is 16.0 Å². The van der Waals surface area contributed by atoms with Crippen LogP contribution in [0.15, 0.2) is 28.9 Å². The van der Waals surface area contributed by atoms with Crippen LogP contribution in [0.25, 0.3) is 16.5 Å². The first-order chi connectivity index (χ1) is 17.9. The SMILES string of the molecule is CCN(CC)C(=O)[C@@H]1C=C2c3cccc4c3c(c(Br)n4C(=O)[C@H](CS)NC(=O)OC(C)(C)C)C[C@H]2N(C)C1. The van der Waals surface area contributed by atoms with Crippen molar-refractivity contribution in [1.82, 2.24) is 19.7 Å². The fourth-order valence-corrected chi connectivity index (χ4v) is 6.50. The summed E-state index contributed by atoms with van der Waals surface area (Å²) in [7, 11) is 2.06. The van der Waals surface area contributed by atoms with Crippen molar-refractivity contribution in [3.05, 3.63) is 40.0 Å². The molecule has 38 heavy (non-hydrogen) atoms. The molecule has 0 unspecified atom stereocenters. The van der Waals surface area contributed by atoms with Crippen LogP contribution in [0, 0.1) is 5.92 Å². The molecule has 1 N–H and O–H groups in total. The van der Waals surface area contributed by atoms with Gasteiger partial charge in [-0.15, -0.1) is 0 Å². The number of halogens is 1. The number of rotatable bonds is 6. The van der Waals surface area contributed by atoms with E-state index in [0.717, 1.165) is 27.6 Å². The van der Waals surface area contributed by atoms with Crippen LogP contribution in [-0.4, -0.2) is 82.4 Å². The van der Waals surface area contributed by atoms with Gasteiger partial charge < -0.3 is 15.0 Å². The molecule has 0 radical (unpaired) electrons. The molecular formula is C28H37BrN4O4S. The summed E-state index contributed by atoms with van der Waals surface area (Å²) in [5.74, 6) is -0.260. The van der Waals surface area contributed by atoms with Gasteiger partial charge in [0.25, 0.3) is 5.91 Å². The number of fused-ring (bicyclic) bond motifs is 2. The first-order valence-corrected chi connectivity index (χ1v) is 14.5. The summed E-state index contributed by atoms with van der Waals surface area (Å²) in [5.41, 5.74) is 3.27. The minimum atomic E-state index is -0.877. The van der Waals surface area contributed by atoms with Crippen LogP contribution in [0.4, 0.5) is 4.79 Å². The van der Waals surface area contributed by atoms with Crippen molar-refractivity contribution in [1.29, 1.82) is 0 Å². The van der Waals surface area contributed by atoms with Crippen molar-refractivity contribution in [2.24, 2.45) is 5.92 Å². The molecule has 0 bridgehead atoms. The van der Waals surface area contributed by atoms with Gasteiger partial charge in [-0.1, -0.05) is 18.2 Å². The fourth-order valence-electron chi connectivity index (χ4n) is 5.52. The smallest absolute Gasteiger partial charge is 0.408 e. The Balaban J connectivity index is 1.76. The number of likely N-dealkylation sites (N-methyl/N-ethyl adjacent to an activating group) is 1. The second-order valence-electron chi connectivity index (χ2n) is 10.9. The van der Waals surface area contributed by atoms with E-state index in [1.165, 1.54) is 0 Å². The minimum absolute atomic E-state index is 0.0941. The molecule has 1 aromatic carbocycles. The summed E-state index contributed by atoms with van der Waals surface area (Å²) in [6, 6.07) is 5.14. The molecular weight excluding hydrogens is 568 g/mol. The minimum Gasteiger partial charge on any atom is -0.444 e. The number of nitrogens with zero attached hydrogens (tertiary/aromatic N) is 3. The van der Waals surface area contributed by atoms with E-state index in [0.29, 0.717) is 30.7 Å². The molecule has 2 aliphatic rings. The van der Waals surface area contributed by atoms with Gasteiger partial charge in [0.05, 0.1) is 16.0 Å². The molecule has 4 rings (SSSR count). The highest BCUT2D eigenvalue weighted by atomic mass is 79.9. The molecule has 1 aliphatic carbocycles. The van der Waals surface area contributed by atoms with Crippen molar-refractivity contribution in [3.63, 3.8) is 0 Å². The highest BCUT2D eigenvalue weighted by Gasteiger charge is 2.39. The molecule has 1 aromatic heterocycles. The number of amides is 2. The Morgan fingerprint density at radius 2 is 1.92 bits per heavy atom. The molecule has 206 valence electrons. The molecule has 0 fully saturated rings. The van der Waals surface area contributed by atoms with Gasteiger partial charge >= 0.3 is 6.09 Å². The summed E-state index contributed by atoms with van der Waals surface area (Å²) in [5, 5.41) is 3.67. The number of nitrogens with one attached hydrogen (secondary N) is 1. The van der Waals surface area contributed by atoms with Crippen LogP contribution in [0.5, 0.6) is 0 Å². The van der Waals surface area contributed by atoms with Crippen molar-refractivity contribution in [2.45, 2.75) is 58.7 Å². The molecule has 8 nitrogen and oxygen atoms in total. The molecule has 2 aromatic rings. The molecule has 2 heterocycles. The third-order valence-electron chi connectivity index (χ3n) is 7.28. The van der Waals surface area contributed by atoms with Crippen molar-refractivity contribution < 1.29 is 19.1 Å². The van der Waals surface area contributed by atoms with E-state index in [4.69, 9.17) is 4.74 Å². The molecule has 0 spiro atoms. The zero-order valence-electron chi connectivity index (χ0n) is 22.9. The maximum Gasteiger partial charge on any atom is 0.408 e. The number of thiol groups is 1. The first kappa shape index (κ1) is 28.7. The molecule has 1 aliphatic heterocycles. The Labute approximate surface area is 238 Å². The van der Waals surface area contributed by atoms with Gasteiger partial charge in [-0.2, -0.15) is 12.6 Å². The maximum absolute atomic E-state index is 13.8. The van der Waals surface area contributed by atoms with E-state index in [1.54, 1.807) is 25.3 Å². The Morgan fingerprint density at radius 1 is 1.24 bits per heavy atom. The van der Waals surface area contributed by atoms with E-state index in [1.807, 2.05) is 30.9 Å². The lowest BCUT2D eigenvalue weighted by Crippen LogP contribution is -2.47. The standard InChI is InChI=1S/C28H37BrN4O4S/c1-7-32(8-2)25(34)16-12-18-17-10-9-11-21-23(17)19(13-22(18)31(6)14-16)24(29)33(21)26(35)20(15-38)30-27(36)37-28(3,4)5/h9-12,16,20,22,38H,7-8,13-15H2,1-6H3,(H,30,36)/t16-,20+,22-/m1/s1. The summed E-state index contributed by atoms with van der Waals surface area (Å²) in [4.78, 5) is 43.6. The molecule has 10 heteroatoms. The number of alkyl carbamates (subject to hydrolysis) is 1. The lowest BCUT2D eigenvalue weighted by Gasteiger charge is -2.40. The molecule has 3 atom stereocenters. The third-order valence-corrected chi connectivity index (χ3v) is 8.48. The van der Waals surface area contributed by atoms with E-state index >= 15 is 0 Å². The predicted molar refractivity (Wildman–Crippen MR) is 157 cm³/mol. The average Bonchev–Trinajstić information content (AvgIpc) is 3.14. The quantitative estimate of drug-likeness (QED) is 0.471. The number of carbonyl (C=O) groups excluding carboxylic acids is 3. The van der Waals surface area contributed by atoms with Crippen LogP contribution in [0.3, 0.4) is 0 Å². The predicted octanol–water partition coefficient (Wildman–Crippen LogP) is 4.61. The Hall–Kier alpha value is -2.30. The second-order valence-corrected chi connectivity index (χ2v) is 12.0. The van der Waals surface area contributed by atoms with Gasteiger partial charge in [-0.25, -0.2) is 4.79 Å². The second kappa shape index (κ2) is 11.1. The van der Waals surface area contributed by atoms with Crippen molar-refractivity contribution in [2.75, 3.05) is 32.4 Å². The van der Waals surface area contributed by atoms with Gasteiger partial charge in [0.15, 0.2) is 0 Å². The number of hydrogen-bond donors (Lipinski definition) is 2. The highest BCUT2D eigenvalue weighted by molar-refractivity contribution is 9.10. The summed E-state index contributed by atoms with van der Waals surface area (Å²) < 4.78 is 7.67. The van der Waals surface area contributed by atoms with Crippen molar-refractivity contribution >= 4 is 62.9 Å². The molecule has 2 amide bonds. The first-order valence-electron chi connectivity index (χ1n) is 13.1. The lowest BCUT2D eigenvalue weighted by atomic mass is 9.79. The fraction of sp³-hybridized carbons (Fsp3) is 0.536. The van der Waals surface area contributed by atoms with Crippen LogP contribution >= 0.6 is 28.6 Å². The van der Waals surface area contributed by atoms with Crippen molar-refractivity contribution in [3.8, 4) is 0 Å². The van der Waals surface area contributed by atoms with Crippen LogP contribution in [0.1, 0.15) is 50.5 Å². The van der Waals surface area contributed by atoms with Gasteiger partial charge in [-0.05, 0) is 86.8 Å². The average molecular weight is 606 g/mol. The highest BCUT2D eigenvalue weighted by Crippen LogP contribution is 2.45. The number of ether oxygens (including phenoxy) is 1. The Kier molecular flexibility index (Phi) is 8.35. The van der Waals surface area contributed by atoms with E-state index < -0.39 is 17.7 Å². The monoisotopic (exact) mass is 604 g/mol.